The van der Waals surface area contributed by atoms with E-state index in [-0.39, 0.29) is 0 Å². The Kier molecular flexibility index (Phi) is 2.91. The first kappa shape index (κ1) is 9.37. The first-order chi connectivity index (χ1) is 6.84. The van der Waals surface area contributed by atoms with Crippen LogP contribution in [-0.2, 0) is 0 Å². The van der Waals surface area contributed by atoms with Gasteiger partial charge in [-0.1, -0.05) is 12.8 Å². The molecule has 0 bridgehead atoms. The van der Waals surface area contributed by atoms with Gasteiger partial charge in [0, 0.05) is 12.6 Å². The van der Waals surface area contributed by atoms with E-state index in [4.69, 9.17) is 0 Å². The van der Waals surface area contributed by atoms with Gasteiger partial charge < -0.3 is 5.32 Å². The molecule has 0 unspecified atom stereocenters. The molecule has 0 radical (unpaired) electrons. The van der Waals surface area contributed by atoms with Crippen molar-refractivity contribution >= 4 is 5.82 Å². The van der Waals surface area contributed by atoms with E-state index < -0.39 is 5.95 Å². The molecule has 0 atom stereocenters. The molecule has 0 saturated heterocycles. The van der Waals surface area contributed by atoms with Gasteiger partial charge in [-0.05, 0) is 18.8 Å². The molecule has 0 spiro atoms. The molecule has 1 aliphatic rings. The first-order valence-corrected chi connectivity index (χ1v) is 5.06. The van der Waals surface area contributed by atoms with Crippen LogP contribution in [0.4, 0.5) is 10.2 Å². The molecule has 4 heteroatoms. The van der Waals surface area contributed by atoms with Crippen molar-refractivity contribution in [3.8, 4) is 0 Å². The second-order valence-corrected chi connectivity index (χ2v) is 3.76. The molecular weight excluding hydrogens is 181 g/mol. The van der Waals surface area contributed by atoms with E-state index in [1.165, 1.54) is 38.1 Å². The van der Waals surface area contributed by atoms with Gasteiger partial charge in [0.1, 0.15) is 12.1 Å². The highest BCUT2D eigenvalue weighted by molar-refractivity contribution is 5.31. The van der Waals surface area contributed by atoms with Gasteiger partial charge in [0.05, 0.1) is 0 Å². The monoisotopic (exact) mass is 195 g/mol. The Morgan fingerprint density at radius 1 is 1.36 bits per heavy atom. The predicted molar refractivity (Wildman–Crippen MR) is 52.4 cm³/mol. The maximum absolute atomic E-state index is 12.7. The highest BCUT2D eigenvalue weighted by Gasteiger charge is 2.14. The third-order valence-corrected chi connectivity index (χ3v) is 2.68. The molecule has 3 nitrogen and oxygen atoms in total. The quantitative estimate of drug-likeness (QED) is 0.751. The van der Waals surface area contributed by atoms with E-state index in [9.17, 15) is 4.39 Å². The smallest absolute Gasteiger partial charge is 0.217 e. The predicted octanol–water partition coefficient (Wildman–Crippen LogP) is 2.22. The molecule has 1 fully saturated rings. The fourth-order valence-electron chi connectivity index (χ4n) is 1.89. The fourth-order valence-corrected chi connectivity index (χ4v) is 1.89. The lowest BCUT2D eigenvalue weighted by Gasteiger charge is -2.10. The van der Waals surface area contributed by atoms with Crippen LogP contribution in [0.5, 0.6) is 0 Å². The van der Waals surface area contributed by atoms with Crippen molar-refractivity contribution < 1.29 is 4.39 Å². The van der Waals surface area contributed by atoms with Crippen LogP contribution in [0.1, 0.15) is 25.7 Å². The maximum Gasteiger partial charge on any atom is 0.217 e. The van der Waals surface area contributed by atoms with Crippen LogP contribution < -0.4 is 5.32 Å². The van der Waals surface area contributed by atoms with Crippen molar-refractivity contribution in [2.24, 2.45) is 5.92 Å². The SMILES string of the molecule is Fc1cc(NCC2CCCC2)ncn1. The minimum atomic E-state index is -0.478. The van der Waals surface area contributed by atoms with Crippen LogP contribution in [0, 0.1) is 11.9 Å². The van der Waals surface area contributed by atoms with E-state index >= 15 is 0 Å². The zero-order valence-corrected chi connectivity index (χ0v) is 8.04. The molecule has 0 aromatic carbocycles. The van der Waals surface area contributed by atoms with Crippen molar-refractivity contribution in [1.82, 2.24) is 9.97 Å². The first-order valence-electron chi connectivity index (χ1n) is 5.06. The van der Waals surface area contributed by atoms with E-state index in [1.54, 1.807) is 0 Å². The van der Waals surface area contributed by atoms with Crippen molar-refractivity contribution in [3.63, 3.8) is 0 Å². The Balaban J connectivity index is 1.85. The lowest BCUT2D eigenvalue weighted by Crippen LogP contribution is -2.12. The second-order valence-electron chi connectivity index (χ2n) is 3.76. The summed E-state index contributed by atoms with van der Waals surface area (Å²) in [7, 11) is 0. The number of hydrogen-bond acceptors (Lipinski definition) is 3. The second kappa shape index (κ2) is 4.35. The van der Waals surface area contributed by atoms with Crippen LogP contribution in [0.3, 0.4) is 0 Å². The highest BCUT2D eigenvalue weighted by Crippen LogP contribution is 2.24. The summed E-state index contributed by atoms with van der Waals surface area (Å²) in [5, 5.41) is 3.14. The average Bonchev–Trinajstić information content (AvgIpc) is 2.67. The van der Waals surface area contributed by atoms with Gasteiger partial charge in [0.2, 0.25) is 5.95 Å². The average molecular weight is 195 g/mol. The topological polar surface area (TPSA) is 37.8 Å². The summed E-state index contributed by atoms with van der Waals surface area (Å²) < 4.78 is 12.7. The van der Waals surface area contributed by atoms with E-state index in [2.05, 4.69) is 15.3 Å². The van der Waals surface area contributed by atoms with Crippen molar-refractivity contribution in [2.75, 3.05) is 11.9 Å². The Morgan fingerprint density at radius 2 is 2.14 bits per heavy atom. The number of rotatable bonds is 3. The molecule has 1 heterocycles. The summed E-state index contributed by atoms with van der Waals surface area (Å²) in [5.41, 5.74) is 0. The lowest BCUT2D eigenvalue weighted by molar-refractivity contribution is 0.570. The number of hydrogen-bond donors (Lipinski definition) is 1. The highest BCUT2D eigenvalue weighted by atomic mass is 19.1. The molecule has 1 aromatic rings. The van der Waals surface area contributed by atoms with Gasteiger partial charge in [-0.2, -0.15) is 4.39 Å². The van der Waals surface area contributed by atoms with Gasteiger partial charge in [-0.25, -0.2) is 9.97 Å². The molecule has 76 valence electrons. The van der Waals surface area contributed by atoms with Gasteiger partial charge in [-0.15, -0.1) is 0 Å². The van der Waals surface area contributed by atoms with Crippen LogP contribution in [0.2, 0.25) is 0 Å². The summed E-state index contributed by atoms with van der Waals surface area (Å²) in [4.78, 5) is 7.34. The largest absolute Gasteiger partial charge is 0.370 e. The molecule has 0 amide bonds. The molecule has 14 heavy (non-hydrogen) atoms. The number of nitrogens with zero attached hydrogens (tertiary/aromatic N) is 2. The zero-order valence-electron chi connectivity index (χ0n) is 8.04. The molecule has 1 N–H and O–H groups in total. The molecular formula is C10H14FN3. The van der Waals surface area contributed by atoms with E-state index in [1.807, 2.05) is 0 Å². The van der Waals surface area contributed by atoms with Crippen LogP contribution in [0.15, 0.2) is 12.4 Å². The lowest BCUT2D eigenvalue weighted by atomic mass is 10.1. The van der Waals surface area contributed by atoms with Crippen molar-refractivity contribution in [2.45, 2.75) is 25.7 Å². The number of halogens is 1. The van der Waals surface area contributed by atoms with Gasteiger partial charge in [-0.3, -0.25) is 0 Å². The minimum Gasteiger partial charge on any atom is -0.370 e. The van der Waals surface area contributed by atoms with Gasteiger partial charge in [0.25, 0.3) is 0 Å². The number of aromatic nitrogens is 2. The molecule has 2 rings (SSSR count). The standard InChI is InChI=1S/C10H14FN3/c11-9-5-10(14-7-13-9)12-6-8-3-1-2-4-8/h5,7-8H,1-4,6H2,(H,12,13,14). The summed E-state index contributed by atoms with van der Waals surface area (Å²) in [6.07, 6.45) is 6.45. The Hall–Kier alpha value is -1.19. The molecule has 0 aliphatic heterocycles. The third-order valence-electron chi connectivity index (χ3n) is 2.68. The van der Waals surface area contributed by atoms with E-state index in [0.29, 0.717) is 5.82 Å². The van der Waals surface area contributed by atoms with Gasteiger partial charge >= 0.3 is 0 Å². The Labute approximate surface area is 82.8 Å². The van der Waals surface area contributed by atoms with E-state index in [0.717, 1.165) is 12.5 Å². The number of anilines is 1. The summed E-state index contributed by atoms with van der Waals surface area (Å²) >= 11 is 0. The molecule has 1 saturated carbocycles. The van der Waals surface area contributed by atoms with Crippen LogP contribution in [-0.4, -0.2) is 16.5 Å². The normalized spacial score (nSPS) is 17.2. The van der Waals surface area contributed by atoms with Crippen LogP contribution in [0.25, 0.3) is 0 Å². The molecule has 1 aromatic heterocycles. The van der Waals surface area contributed by atoms with Crippen molar-refractivity contribution in [1.29, 1.82) is 0 Å². The van der Waals surface area contributed by atoms with Gasteiger partial charge in [0.15, 0.2) is 0 Å². The third kappa shape index (κ3) is 2.40. The number of nitrogens with one attached hydrogen (secondary N) is 1. The Morgan fingerprint density at radius 3 is 2.86 bits per heavy atom. The minimum absolute atomic E-state index is 0.478. The maximum atomic E-state index is 12.7. The summed E-state index contributed by atoms with van der Waals surface area (Å²) in [6, 6.07) is 1.33. The Bertz CT molecular complexity index is 297. The summed E-state index contributed by atoms with van der Waals surface area (Å²) in [5.74, 6) is 0.839. The molecule has 1 aliphatic carbocycles. The van der Waals surface area contributed by atoms with Crippen LogP contribution >= 0.6 is 0 Å². The van der Waals surface area contributed by atoms with Crippen molar-refractivity contribution in [3.05, 3.63) is 18.3 Å². The fraction of sp³-hybridized carbons (Fsp3) is 0.600. The zero-order chi connectivity index (χ0) is 9.80. The summed E-state index contributed by atoms with van der Waals surface area (Å²) in [6.45, 7) is 0.899.